The predicted molar refractivity (Wildman–Crippen MR) is 70.5 cm³/mol. The first-order valence-corrected chi connectivity index (χ1v) is 6.20. The Morgan fingerprint density at radius 3 is 2.74 bits per heavy atom. The molecule has 1 unspecified atom stereocenters. The van der Waals surface area contributed by atoms with Gasteiger partial charge in [-0.2, -0.15) is 0 Å². The summed E-state index contributed by atoms with van der Waals surface area (Å²) in [6, 6.07) is 5.19. The number of carboxylic acids is 1. The highest BCUT2D eigenvalue weighted by molar-refractivity contribution is 5.75. The molecule has 2 amide bonds. The first-order chi connectivity index (χ1) is 9.04. The number of carbonyl (C=O) groups is 2. The zero-order chi connectivity index (χ0) is 14.3. The fourth-order valence-corrected chi connectivity index (χ4v) is 1.54. The zero-order valence-electron chi connectivity index (χ0n) is 11.2. The van der Waals surface area contributed by atoms with Crippen molar-refractivity contribution >= 4 is 12.0 Å². The first kappa shape index (κ1) is 14.9. The van der Waals surface area contributed by atoms with Gasteiger partial charge in [-0.25, -0.2) is 4.79 Å². The molecule has 1 atom stereocenters. The lowest BCUT2D eigenvalue weighted by molar-refractivity contribution is -0.141. The average molecular weight is 265 g/mol. The third kappa shape index (κ3) is 4.95. The maximum atomic E-state index is 11.9. The van der Waals surface area contributed by atoms with Gasteiger partial charge in [-0.15, -0.1) is 0 Å². The summed E-state index contributed by atoms with van der Waals surface area (Å²) in [5, 5.41) is 11.6. The van der Waals surface area contributed by atoms with Gasteiger partial charge in [-0.3, -0.25) is 9.78 Å². The van der Waals surface area contributed by atoms with E-state index in [0.717, 1.165) is 5.69 Å². The molecule has 0 radical (unpaired) electrons. The summed E-state index contributed by atoms with van der Waals surface area (Å²) >= 11 is 0. The maximum absolute atomic E-state index is 11.9. The van der Waals surface area contributed by atoms with Crippen LogP contribution in [0.15, 0.2) is 24.4 Å². The molecule has 1 heterocycles. The van der Waals surface area contributed by atoms with Crippen LogP contribution in [0.25, 0.3) is 0 Å². The van der Waals surface area contributed by atoms with Crippen LogP contribution >= 0.6 is 0 Å². The van der Waals surface area contributed by atoms with Gasteiger partial charge in [0.15, 0.2) is 0 Å². The van der Waals surface area contributed by atoms with Crippen LogP contribution in [0.3, 0.4) is 0 Å². The Labute approximate surface area is 112 Å². The number of carbonyl (C=O) groups excluding carboxylic acids is 1. The molecule has 0 aliphatic rings. The van der Waals surface area contributed by atoms with E-state index >= 15 is 0 Å². The van der Waals surface area contributed by atoms with Crippen molar-refractivity contribution in [1.82, 2.24) is 15.2 Å². The van der Waals surface area contributed by atoms with Crippen LogP contribution in [-0.4, -0.2) is 40.1 Å². The van der Waals surface area contributed by atoms with E-state index in [9.17, 15) is 9.59 Å². The Morgan fingerprint density at radius 2 is 2.21 bits per heavy atom. The van der Waals surface area contributed by atoms with Crippen LogP contribution in [0.2, 0.25) is 0 Å². The van der Waals surface area contributed by atoms with Crippen molar-refractivity contribution in [3.05, 3.63) is 30.1 Å². The predicted octanol–water partition coefficient (Wildman–Crippen LogP) is 1.33. The van der Waals surface area contributed by atoms with Crippen molar-refractivity contribution in [2.75, 3.05) is 13.1 Å². The minimum atomic E-state index is -0.907. The number of aliphatic carboxylic acids is 1. The first-order valence-electron chi connectivity index (χ1n) is 6.20. The Kier molecular flexibility index (Phi) is 5.78. The molecule has 0 saturated carbocycles. The van der Waals surface area contributed by atoms with Gasteiger partial charge in [0.05, 0.1) is 18.2 Å². The van der Waals surface area contributed by atoms with Gasteiger partial charge in [0.1, 0.15) is 0 Å². The zero-order valence-corrected chi connectivity index (χ0v) is 11.2. The molecule has 0 aliphatic carbocycles. The van der Waals surface area contributed by atoms with Crippen molar-refractivity contribution in [3.63, 3.8) is 0 Å². The smallest absolute Gasteiger partial charge is 0.317 e. The van der Waals surface area contributed by atoms with E-state index in [1.54, 1.807) is 19.2 Å². The van der Waals surface area contributed by atoms with E-state index in [1.807, 2.05) is 19.1 Å². The molecule has 0 bridgehead atoms. The van der Waals surface area contributed by atoms with Crippen LogP contribution in [0.5, 0.6) is 0 Å². The number of amides is 2. The Hall–Kier alpha value is -2.11. The van der Waals surface area contributed by atoms with Gasteiger partial charge in [0.25, 0.3) is 0 Å². The molecule has 19 heavy (non-hydrogen) atoms. The summed E-state index contributed by atoms with van der Waals surface area (Å²) in [4.78, 5) is 28.3. The molecule has 0 aliphatic heterocycles. The summed E-state index contributed by atoms with van der Waals surface area (Å²) in [7, 11) is 0. The van der Waals surface area contributed by atoms with Gasteiger partial charge < -0.3 is 15.3 Å². The number of nitrogens with one attached hydrogen (secondary N) is 1. The standard InChI is InChI=1S/C13H19N3O3/c1-3-16(9-10(2)12(17)18)13(19)15-8-11-6-4-5-7-14-11/h4-7,10H,3,8-9H2,1-2H3,(H,15,19)(H,17,18). The van der Waals surface area contributed by atoms with Gasteiger partial charge in [-0.05, 0) is 19.1 Å². The summed E-state index contributed by atoms with van der Waals surface area (Å²) in [6.45, 7) is 4.38. The van der Waals surface area contributed by atoms with Crippen molar-refractivity contribution in [2.45, 2.75) is 20.4 Å². The second kappa shape index (κ2) is 7.35. The SMILES string of the molecule is CCN(CC(C)C(=O)O)C(=O)NCc1ccccn1. The third-order valence-electron chi connectivity index (χ3n) is 2.73. The van der Waals surface area contributed by atoms with E-state index in [4.69, 9.17) is 5.11 Å². The van der Waals surface area contributed by atoms with E-state index in [1.165, 1.54) is 4.90 Å². The number of carboxylic acid groups (broad SMARTS) is 1. The number of hydrogen-bond acceptors (Lipinski definition) is 3. The normalized spacial score (nSPS) is 11.7. The third-order valence-corrected chi connectivity index (χ3v) is 2.73. The number of rotatable bonds is 6. The van der Waals surface area contributed by atoms with Crippen molar-refractivity contribution in [1.29, 1.82) is 0 Å². The molecule has 1 aromatic heterocycles. The number of urea groups is 1. The highest BCUT2D eigenvalue weighted by Crippen LogP contribution is 2.01. The molecular formula is C13H19N3O3. The van der Waals surface area contributed by atoms with Crippen LogP contribution in [-0.2, 0) is 11.3 Å². The summed E-state index contributed by atoms with van der Waals surface area (Å²) < 4.78 is 0. The Bertz CT molecular complexity index is 422. The lowest BCUT2D eigenvalue weighted by atomic mass is 10.2. The monoisotopic (exact) mass is 265 g/mol. The highest BCUT2D eigenvalue weighted by Gasteiger charge is 2.18. The molecule has 2 N–H and O–H groups in total. The number of pyridine rings is 1. The topological polar surface area (TPSA) is 82.5 Å². The number of hydrogen-bond donors (Lipinski definition) is 2. The molecule has 104 valence electrons. The summed E-state index contributed by atoms with van der Waals surface area (Å²) in [5.41, 5.74) is 0.762. The van der Waals surface area contributed by atoms with Crippen molar-refractivity contribution in [2.24, 2.45) is 5.92 Å². The molecule has 0 aromatic carbocycles. The van der Waals surface area contributed by atoms with Gasteiger partial charge >= 0.3 is 12.0 Å². The van der Waals surface area contributed by atoms with Gasteiger partial charge in [0.2, 0.25) is 0 Å². The molecule has 1 rings (SSSR count). The van der Waals surface area contributed by atoms with E-state index in [-0.39, 0.29) is 12.6 Å². The molecular weight excluding hydrogens is 246 g/mol. The lowest BCUT2D eigenvalue weighted by Gasteiger charge is -2.23. The molecule has 6 heteroatoms. The maximum Gasteiger partial charge on any atom is 0.317 e. The fraction of sp³-hybridized carbons (Fsp3) is 0.462. The quantitative estimate of drug-likeness (QED) is 0.813. The number of aromatic nitrogens is 1. The largest absolute Gasteiger partial charge is 0.481 e. The van der Waals surface area contributed by atoms with Crippen molar-refractivity contribution in [3.8, 4) is 0 Å². The second-order valence-electron chi connectivity index (χ2n) is 4.26. The van der Waals surface area contributed by atoms with E-state index in [2.05, 4.69) is 10.3 Å². The second-order valence-corrected chi connectivity index (χ2v) is 4.26. The summed E-state index contributed by atoms with van der Waals surface area (Å²) in [5.74, 6) is -1.49. The highest BCUT2D eigenvalue weighted by atomic mass is 16.4. The molecule has 0 spiro atoms. The van der Waals surface area contributed by atoms with Crippen LogP contribution in [0.1, 0.15) is 19.5 Å². The molecule has 1 aromatic rings. The molecule has 6 nitrogen and oxygen atoms in total. The Morgan fingerprint density at radius 1 is 1.47 bits per heavy atom. The van der Waals surface area contributed by atoms with E-state index in [0.29, 0.717) is 13.1 Å². The molecule has 0 saturated heterocycles. The fourth-order valence-electron chi connectivity index (χ4n) is 1.54. The minimum absolute atomic E-state index is 0.194. The minimum Gasteiger partial charge on any atom is -0.481 e. The summed E-state index contributed by atoms with van der Waals surface area (Å²) in [6.07, 6.45) is 1.66. The molecule has 0 fully saturated rings. The van der Waals surface area contributed by atoms with Crippen LogP contribution in [0.4, 0.5) is 4.79 Å². The Balaban J connectivity index is 2.48. The van der Waals surface area contributed by atoms with E-state index < -0.39 is 11.9 Å². The van der Waals surface area contributed by atoms with Gasteiger partial charge in [-0.1, -0.05) is 13.0 Å². The lowest BCUT2D eigenvalue weighted by Crippen LogP contribution is -2.43. The average Bonchev–Trinajstić information content (AvgIpc) is 2.42. The van der Waals surface area contributed by atoms with Crippen LogP contribution < -0.4 is 5.32 Å². The van der Waals surface area contributed by atoms with Gasteiger partial charge in [0, 0.05) is 19.3 Å². The number of nitrogens with zero attached hydrogens (tertiary/aromatic N) is 2. The van der Waals surface area contributed by atoms with Crippen LogP contribution in [0, 0.1) is 5.92 Å². The van der Waals surface area contributed by atoms with Crippen molar-refractivity contribution < 1.29 is 14.7 Å².